The van der Waals surface area contributed by atoms with Crippen molar-refractivity contribution in [2.45, 2.75) is 33.3 Å². The average molecular weight is 381 g/mol. The molecule has 1 amide bonds. The number of benzene rings is 1. The van der Waals surface area contributed by atoms with Crippen molar-refractivity contribution in [3.63, 3.8) is 0 Å². The van der Waals surface area contributed by atoms with Crippen molar-refractivity contribution in [3.05, 3.63) is 51.8 Å². The van der Waals surface area contributed by atoms with Gasteiger partial charge in [-0.1, -0.05) is 16.6 Å². The number of fused-ring (bicyclic) bond motifs is 1. The minimum absolute atomic E-state index is 0.128. The molecule has 1 atom stereocenters. The van der Waals surface area contributed by atoms with Gasteiger partial charge >= 0.3 is 0 Å². The highest BCUT2D eigenvalue weighted by Gasteiger charge is 2.27. The molecule has 1 N–H and O–H groups in total. The number of carbonyl (C=O) groups is 1. The highest BCUT2D eigenvalue weighted by molar-refractivity contribution is 7.07. The quantitative estimate of drug-likeness (QED) is 0.747. The van der Waals surface area contributed by atoms with Crippen LogP contribution in [-0.2, 0) is 6.42 Å². The zero-order valence-electron chi connectivity index (χ0n) is 15.3. The molecule has 7 nitrogen and oxygen atoms in total. The van der Waals surface area contributed by atoms with Gasteiger partial charge < -0.3 is 10.1 Å². The number of para-hydroxylation sites is 1. The van der Waals surface area contributed by atoms with E-state index >= 15 is 0 Å². The highest BCUT2D eigenvalue weighted by Crippen LogP contribution is 2.37. The first-order valence-corrected chi connectivity index (χ1v) is 9.47. The maximum atomic E-state index is 12.3. The van der Waals surface area contributed by atoms with E-state index in [4.69, 9.17) is 4.74 Å². The van der Waals surface area contributed by atoms with Gasteiger partial charge in [-0.3, -0.25) is 4.79 Å². The third kappa shape index (κ3) is 3.52. The summed E-state index contributed by atoms with van der Waals surface area (Å²) < 4.78 is 9.95. The number of amides is 1. The number of nitrogens with zero attached hydrogens (tertiary/aromatic N) is 4. The topological polar surface area (TPSA) is 89.9 Å². The Morgan fingerprint density at radius 1 is 1.26 bits per heavy atom. The number of carbonyl (C=O) groups excluding carboxylic acids is 1. The highest BCUT2D eigenvalue weighted by atomic mass is 32.1. The van der Waals surface area contributed by atoms with Crippen molar-refractivity contribution in [2.24, 2.45) is 0 Å². The standard InChI is InChI=1S/C19H19N5O2S/c1-10-7-11(2)22-18(21-10)15-6-4-5-13-8-14(26-16(13)15)9-20-19(25)17-12(3)23-24-27-17/h4-7,14H,8-9H2,1-3H3,(H,20,25)/t14-/m0/s1. The molecule has 2 aromatic heterocycles. The molecule has 0 bridgehead atoms. The lowest BCUT2D eigenvalue weighted by molar-refractivity contribution is 0.0937. The molecule has 0 radical (unpaired) electrons. The molecule has 27 heavy (non-hydrogen) atoms. The van der Waals surface area contributed by atoms with Gasteiger partial charge in [0.25, 0.3) is 5.91 Å². The van der Waals surface area contributed by atoms with E-state index in [1.54, 1.807) is 6.92 Å². The zero-order valence-corrected chi connectivity index (χ0v) is 16.1. The molecule has 0 aliphatic carbocycles. The number of ether oxygens (including phenoxy) is 1. The van der Waals surface area contributed by atoms with E-state index in [2.05, 4.69) is 24.9 Å². The van der Waals surface area contributed by atoms with Crippen LogP contribution < -0.4 is 10.1 Å². The molecule has 138 valence electrons. The Labute approximate surface area is 161 Å². The van der Waals surface area contributed by atoms with Crippen LogP contribution >= 0.6 is 11.5 Å². The summed E-state index contributed by atoms with van der Waals surface area (Å²) in [6.45, 7) is 6.10. The Balaban J connectivity index is 1.50. The summed E-state index contributed by atoms with van der Waals surface area (Å²) in [5.41, 5.74) is 4.47. The van der Waals surface area contributed by atoms with Crippen molar-refractivity contribution >= 4 is 17.4 Å². The van der Waals surface area contributed by atoms with Crippen molar-refractivity contribution in [1.82, 2.24) is 24.9 Å². The molecule has 0 fully saturated rings. The summed E-state index contributed by atoms with van der Waals surface area (Å²) >= 11 is 1.10. The van der Waals surface area contributed by atoms with E-state index in [1.807, 2.05) is 38.1 Å². The maximum absolute atomic E-state index is 12.3. The van der Waals surface area contributed by atoms with Gasteiger partial charge in [0.1, 0.15) is 16.7 Å². The normalized spacial score (nSPS) is 15.3. The van der Waals surface area contributed by atoms with E-state index < -0.39 is 0 Å². The lowest BCUT2D eigenvalue weighted by Gasteiger charge is -2.13. The molecule has 1 aliphatic rings. The molecular weight excluding hydrogens is 362 g/mol. The van der Waals surface area contributed by atoms with E-state index in [9.17, 15) is 4.79 Å². The third-order valence-corrected chi connectivity index (χ3v) is 5.23. The fourth-order valence-corrected chi connectivity index (χ4v) is 3.77. The summed E-state index contributed by atoms with van der Waals surface area (Å²) in [4.78, 5) is 21.9. The monoisotopic (exact) mass is 381 g/mol. The summed E-state index contributed by atoms with van der Waals surface area (Å²) in [6.07, 6.45) is 0.603. The van der Waals surface area contributed by atoms with Crippen molar-refractivity contribution in [1.29, 1.82) is 0 Å². The van der Waals surface area contributed by atoms with Gasteiger partial charge in [-0.2, -0.15) is 0 Å². The molecule has 4 rings (SSSR count). The summed E-state index contributed by atoms with van der Waals surface area (Å²) in [5.74, 6) is 1.30. The number of aromatic nitrogens is 4. The van der Waals surface area contributed by atoms with Crippen LogP contribution in [0.25, 0.3) is 11.4 Å². The molecule has 0 unspecified atom stereocenters. The minimum atomic E-state index is -0.167. The van der Waals surface area contributed by atoms with E-state index in [-0.39, 0.29) is 12.0 Å². The molecular formula is C19H19N5O2S. The first-order valence-electron chi connectivity index (χ1n) is 8.69. The van der Waals surface area contributed by atoms with Crippen LogP contribution in [0.15, 0.2) is 24.3 Å². The van der Waals surface area contributed by atoms with Gasteiger partial charge in [0.05, 0.1) is 17.8 Å². The first-order chi connectivity index (χ1) is 13.0. The van der Waals surface area contributed by atoms with Gasteiger partial charge in [0.15, 0.2) is 5.82 Å². The van der Waals surface area contributed by atoms with Crippen LogP contribution in [0.3, 0.4) is 0 Å². The lowest BCUT2D eigenvalue weighted by atomic mass is 10.1. The Hall–Kier alpha value is -2.87. The largest absolute Gasteiger partial charge is 0.487 e. The van der Waals surface area contributed by atoms with Gasteiger partial charge in [-0.05, 0) is 50.0 Å². The van der Waals surface area contributed by atoms with E-state index in [0.29, 0.717) is 22.9 Å². The van der Waals surface area contributed by atoms with E-state index in [0.717, 1.165) is 46.2 Å². The molecule has 8 heteroatoms. The predicted molar refractivity (Wildman–Crippen MR) is 102 cm³/mol. The molecule has 1 aromatic carbocycles. The van der Waals surface area contributed by atoms with Gasteiger partial charge in [-0.15, -0.1) is 5.10 Å². The second-order valence-electron chi connectivity index (χ2n) is 6.61. The Kier molecular flexibility index (Phi) is 4.57. The molecule has 3 heterocycles. The summed E-state index contributed by atoms with van der Waals surface area (Å²) in [7, 11) is 0. The minimum Gasteiger partial charge on any atom is -0.487 e. The Bertz CT molecular complexity index is 997. The van der Waals surface area contributed by atoms with E-state index in [1.165, 1.54) is 0 Å². The predicted octanol–water partition coefficient (Wildman–Crippen LogP) is 2.65. The molecule has 0 saturated heterocycles. The number of hydrogen-bond acceptors (Lipinski definition) is 7. The number of aryl methyl sites for hydroxylation is 3. The van der Waals surface area contributed by atoms with Crippen LogP contribution in [0.2, 0.25) is 0 Å². The average Bonchev–Trinajstić information content (AvgIpc) is 3.24. The van der Waals surface area contributed by atoms with Crippen molar-refractivity contribution < 1.29 is 9.53 Å². The molecule has 0 saturated carbocycles. The van der Waals surface area contributed by atoms with Crippen LogP contribution in [0.4, 0.5) is 0 Å². The summed E-state index contributed by atoms with van der Waals surface area (Å²) in [6, 6.07) is 7.95. The van der Waals surface area contributed by atoms with Crippen LogP contribution in [0.5, 0.6) is 5.75 Å². The summed E-state index contributed by atoms with van der Waals surface area (Å²) in [5, 5.41) is 6.79. The molecule has 3 aromatic rings. The van der Waals surface area contributed by atoms with Gasteiger partial charge in [0.2, 0.25) is 0 Å². The maximum Gasteiger partial charge on any atom is 0.265 e. The number of nitrogens with one attached hydrogen (secondary N) is 1. The van der Waals surface area contributed by atoms with Crippen LogP contribution in [-0.4, -0.2) is 38.1 Å². The second-order valence-corrected chi connectivity index (χ2v) is 7.36. The third-order valence-electron chi connectivity index (χ3n) is 4.40. The fourth-order valence-electron chi connectivity index (χ4n) is 3.20. The van der Waals surface area contributed by atoms with Crippen LogP contribution in [0.1, 0.15) is 32.3 Å². The van der Waals surface area contributed by atoms with Crippen LogP contribution in [0, 0.1) is 20.8 Å². The van der Waals surface area contributed by atoms with Crippen molar-refractivity contribution in [2.75, 3.05) is 6.54 Å². The second kappa shape index (κ2) is 7.03. The Morgan fingerprint density at radius 2 is 2.04 bits per heavy atom. The zero-order chi connectivity index (χ0) is 19.0. The first kappa shape index (κ1) is 17.5. The SMILES string of the molecule is Cc1cc(C)nc(-c2cccc3c2O[C@H](CNC(=O)c2snnc2C)C3)n1. The number of hydrogen-bond donors (Lipinski definition) is 1. The smallest absolute Gasteiger partial charge is 0.265 e. The van der Waals surface area contributed by atoms with Gasteiger partial charge in [0, 0.05) is 17.8 Å². The van der Waals surface area contributed by atoms with Crippen molar-refractivity contribution in [3.8, 4) is 17.1 Å². The molecule has 1 aliphatic heterocycles. The van der Waals surface area contributed by atoms with Gasteiger partial charge in [-0.25, -0.2) is 9.97 Å². The molecule has 0 spiro atoms. The number of rotatable bonds is 4. The fraction of sp³-hybridized carbons (Fsp3) is 0.316. The Morgan fingerprint density at radius 3 is 2.74 bits per heavy atom. The lowest BCUT2D eigenvalue weighted by Crippen LogP contribution is -2.34.